The Hall–Kier alpha value is -6.69. The van der Waals surface area contributed by atoms with Crippen LogP contribution < -0.4 is 0 Å². The zero-order chi connectivity index (χ0) is 35.9. The first kappa shape index (κ1) is 32.0. The maximum absolute atomic E-state index is 5.27. The molecule has 1 spiro atoms. The summed E-state index contributed by atoms with van der Waals surface area (Å²) in [5.41, 5.74) is 10.5. The molecule has 254 valence electrons. The minimum atomic E-state index is -0.612. The highest BCUT2D eigenvalue weighted by Crippen LogP contribution is 2.60. The van der Waals surface area contributed by atoms with Gasteiger partial charge in [0.2, 0.25) is 0 Å². The number of rotatable bonds is 4. The van der Waals surface area contributed by atoms with Crippen molar-refractivity contribution in [1.29, 1.82) is 0 Å². The van der Waals surface area contributed by atoms with Gasteiger partial charge >= 0.3 is 0 Å². The SMILES string of the molecule is C1=C\C=C\C2(c3ccccc3S/C=C/1)c1cccc(-c3nc(-c4ccccc4)nc(-c4ccccc4)n3)c1-c1c(-c3cccc4cnccc34)cccc12. The molecule has 10 rings (SSSR count). The molecule has 0 saturated heterocycles. The zero-order valence-corrected chi connectivity index (χ0v) is 30.0. The number of allylic oxidation sites excluding steroid dienone is 5. The van der Waals surface area contributed by atoms with Crippen molar-refractivity contribution in [3.63, 3.8) is 0 Å². The fourth-order valence-corrected chi connectivity index (χ4v) is 8.91. The summed E-state index contributed by atoms with van der Waals surface area (Å²) in [7, 11) is 0. The second kappa shape index (κ2) is 13.4. The Morgan fingerprint density at radius 1 is 0.444 bits per heavy atom. The maximum Gasteiger partial charge on any atom is 0.164 e. The summed E-state index contributed by atoms with van der Waals surface area (Å²) >= 11 is 1.75. The molecule has 2 aromatic heterocycles. The van der Waals surface area contributed by atoms with Crippen LogP contribution in [-0.2, 0) is 5.41 Å². The van der Waals surface area contributed by atoms with Gasteiger partial charge in [-0.3, -0.25) is 4.98 Å². The Labute approximate surface area is 318 Å². The molecule has 0 bridgehead atoms. The van der Waals surface area contributed by atoms with Gasteiger partial charge in [0, 0.05) is 39.4 Å². The number of aromatic nitrogens is 4. The van der Waals surface area contributed by atoms with E-state index in [1.54, 1.807) is 11.8 Å². The van der Waals surface area contributed by atoms with Crippen LogP contribution in [0.4, 0.5) is 0 Å². The van der Waals surface area contributed by atoms with Crippen molar-refractivity contribution in [1.82, 2.24) is 19.9 Å². The van der Waals surface area contributed by atoms with Crippen molar-refractivity contribution in [2.24, 2.45) is 0 Å². The van der Waals surface area contributed by atoms with Gasteiger partial charge in [0.05, 0.1) is 5.41 Å². The molecular weight excluding hydrogens is 677 g/mol. The number of nitrogens with zero attached hydrogens (tertiary/aromatic N) is 4. The van der Waals surface area contributed by atoms with E-state index in [0.717, 1.165) is 44.2 Å². The number of pyridine rings is 1. The number of thioether (sulfide) groups is 1. The quantitative estimate of drug-likeness (QED) is 0.182. The average molecular weight is 709 g/mol. The highest BCUT2D eigenvalue weighted by molar-refractivity contribution is 8.02. The first-order chi connectivity index (χ1) is 26.8. The van der Waals surface area contributed by atoms with Crippen molar-refractivity contribution in [2.45, 2.75) is 10.3 Å². The third-order valence-corrected chi connectivity index (χ3v) is 11.3. The largest absolute Gasteiger partial charge is 0.264 e. The van der Waals surface area contributed by atoms with Gasteiger partial charge < -0.3 is 0 Å². The van der Waals surface area contributed by atoms with Gasteiger partial charge in [0.25, 0.3) is 0 Å². The predicted octanol–water partition coefficient (Wildman–Crippen LogP) is 12.1. The highest BCUT2D eigenvalue weighted by atomic mass is 32.2. The van der Waals surface area contributed by atoms with Crippen LogP contribution in [0.5, 0.6) is 0 Å². The van der Waals surface area contributed by atoms with Gasteiger partial charge in [-0.25, -0.2) is 15.0 Å². The van der Waals surface area contributed by atoms with E-state index in [0.29, 0.717) is 17.5 Å². The minimum Gasteiger partial charge on any atom is -0.264 e. The van der Waals surface area contributed by atoms with E-state index >= 15 is 0 Å². The molecule has 1 atom stereocenters. The van der Waals surface area contributed by atoms with Crippen LogP contribution in [-0.4, -0.2) is 19.9 Å². The molecule has 4 nitrogen and oxygen atoms in total. The van der Waals surface area contributed by atoms with Crippen molar-refractivity contribution >= 4 is 22.5 Å². The molecule has 6 aromatic carbocycles. The maximum atomic E-state index is 5.27. The molecule has 0 radical (unpaired) electrons. The topological polar surface area (TPSA) is 51.6 Å². The van der Waals surface area contributed by atoms with E-state index in [1.165, 1.54) is 27.1 Å². The Kier molecular flexibility index (Phi) is 7.93. The van der Waals surface area contributed by atoms with Crippen molar-refractivity contribution in [2.75, 3.05) is 0 Å². The van der Waals surface area contributed by atoms with E-state index in [4.69, 9.17) is 15.0 Å². The molecule has 2 aliphatic rings. The molecule has 0 saturated carbocycles. The minimum absolute atomic E-state index is 0.612. The van der Waals surface area contributed by atoms with E-state index in [9.17, 15) is 0 Å². The Bertz CT molecular complexity index is 2740. The smallest absolute Gasteiger partial charge is 0.164 e. The normalized spacial score (nSPS) is 17.3. The molecule has 1 unspecified atom stereocenters. The van der Waals surface area contributed by atoms with Gasteiger partial charge in [-0.15, -0.1) is 0 Å². The molecule has 1 aliphatic carbocycles. The van der Waals surface area contributed by atoms with Gasteiger partial charge in [-0.05, 0) is 61.9 Å². The van der Waals surface area contributed by atoms with Crippen LogP contribution in [0.2, 0.25) is 0 Å². The van der Waals surface area contributed by atoms with Crippen LogP contribution in [0.15, 0.2) is 199 Å². The molecule has 0 fully saturated rings. The second-order valence-corrected chi connectivity index (χ2v) is 14.3. The summed E-state index contributed by atoms with van der Waals surface area (Å²) in [5, 5.41) is 4.42. The molecule has 5 heteroatoms. The Balaban J connectivity index is 1.34. The van der Waals surface area contributed by atoms with Crippen LogP contribution in [0.3, 0.4) is 0 Å². The molecule has 54 heavy (non-hydrogen) atoms. The standard InChI is InChI=1S/C49H32N4S/c1-2-12-31-54-43-27-10-9-24-40(43)49(29-11-1)41-25-14-22-38(37-21-13-20-35-32-50-30-28-36(35)37)44(41)45-39(23-15-26-42(45)49)48-52-46(33-16-5-3-6-17-33)51-47(53-48)34-18-7-4-8-19-34/h1-32H/b2-1-,29-11+,31-12+. The Morgan fingerprint density at radius 2 is 1.04 bits per heavy atom. The van der Waals surface area contributed by atoms with Crippen molar-refractivity contribution in [3.05, 3.63) is 210 Å². The fourth-order valence-electron chi connectivity index (χ4n) is 8.08. The van der Waals surface area contributed by atoms with E-state index in [-0.39, 0.29) is 0 Å². The number of hydrogen-bond donors (Lipinski definition) is 0. The van der Waals surface area contributed by atoms with Crippen LogP contribution in [0.25, 0.3) is 67.2 Å². The molecule has 8 aromatic rings. The highest BCUT2D eigenvalue weighted by Gasteiger charge is 2.46. The van der Waals surface area contributed by atoms with Crippen LogP contribution in [0.1, 0.15) is 16.7 Å². The summed E-state index contributed by atoms with van der Waals surface area (Å²) in [5.74, 6) is 1.91. The second-order valence-electron chi connectivity index (χ2n) is 13.4. The lowest BCUT2D eigenvalue weighted by Gasteiger charge is -2.32. The van der Waals surface area contributed by atoms with E-state index in [2.05, 4.69) is 150 Å². The van der Waals surface area contributed by atoms with Gasteiger partial charge in [0.15, 0.2) is 17.5 Å². The van der Waals surface area contributed by atoms with Gasteiger partial charge in [-0.2, -0.15) is 0 Å². The molecule has 0 N–H and O–H groups in total. The summed E-state index contributed by atoms with van der Waals surface area (Å²) in [6.07, 6.45) is 14.7. The molecule has 3 heterocycles. The van der Waals surface area contributed by atoms with Crippen molar-refractivity contribution in [3.8, 4) is 56.4 Å². The summed E-state index contributed by atoms with van der Waals surface area (Å²) < 4.78 is 0. The third-order valence-electron chi connectivity index (χ3n) is 10.4. The average Bonchev–Trinajstić information content (AvgIpc) is 3.54. The first-order valence-corrected chi connectivity index (χ1v) is 18.9. The predicted molar refractivity (Wildman–Crippen MR) is 222 cm³/mol. The van der Waals surface area contributed by atoms with Crippen LogP contribution in [0, 0.1) is 0 Å². The van der Waals surface area contributed by atoms with E-state index < -0.39 is 5.41 Å². The molecular formula is C49H32N4S. The number of fused-ring (bicyclic) bond motifs is 8. The lowest BCUT2D eigenvalue weighted by atomic mass is 9.71. The lowest BCUT2D eigenvalue weighted by Crippen LogP contribution is -2.25. The Morgan fingerprint density at radius 3 is 1.80 bits per heavy atom. The molecule has 0 amide bonds. The fraction of sp³-hybridized carbons (Fsp3) is 0.0204. The summed E-state index contributed by atoms with van der Waals surface area (Å²) in [6.45, 7) is 0. The van der Waals surface area contributed by atoms with Gasteiger partial charge in [-0.1, -0.05) is 176 Å². The van der Waals surface area contributed by atoms with Crippen molar-refractivity contribution < 1.29 is 0 Å². The molecule has 1 aliphatic heterocycles. The third kappa shape index (κ3) is 5.24. The number of hydrogen-bond acceptors (Lipinski definition) is 5. The summed E-state index contributed by atoms with van der Waals surface area (Å²) in [4.78, 5) is 21.2. The summed E-state index contributed by atoms with van der Waals surface area (Å²) in [6, 6.07) is 51.2. The monoisotopic (exact) mass is 708 g/mol. The van der Waals surface area contributed by atoms with E-state index in [1.807, 2.05) is 48.8 Å². The van der Waals surface area contributed by atoms with Gasteiger partial charge in [0.1, 0.15) is 0 Å². The lowest BCUT2D eigenvalue weighted by molar-refractivity contribution is 0.783. The number of benzene rings is 6. The first-order valence-electron chi connectivity index (χ1n) is 18.0. The van der Waals surface area contributed by atoms with Crippen LogP contribution >= 0.6 is 11.8 Å². The zero-order valence-electron chi connectivity index (χ0n) is 29.2.